The van der Waals surface area contributed by atoms with Crippen molar-refractivity contribution in [1.29, 1.82) is 0 Å². The summed E-state index contributed by atoms with van der Waals surface area (Å²) in [6, 6.07) is 0. The molecule has 0 aromatic carbocycles. The maximum atomic E-state index is 12.0. The molecule has 0 atom stereocenters. The highest BCUT2D eigenvalue weighted by molar-refractivity contribution is 5.78. The molecule has 5 heteroatoms. The summed E-state index contributed by atoms with van der Waals surface area (Å²) >= 11 is 0. The SMILES string of the molecule is O=C(O)CC1(NC(=O)CC2CCNCC2)CCC1. The van der Waals surface area contributed by atoms with Crippen molar-refractivity contribution in [2.45, 2.75) is 50.5 Å². The average Bonchev–Trinajstić information content (AvgIpc) is 2.26. The fourth-order valence-electron chi connectivity index (χ4n) is 2.93. The fourth-order valence-corrected chi connectivity index (χ4v) is 2.93. The van der Waals surface area contributed by atoms with Crippen LogP contribution in [-0.2, 0) is 9.59 Å². The number of rotatable bonds is 5. The number of carbonyl (C=O) groups excluding carboxylic acids is 1. The minimum Gasteiger partial charge on any atom is -0.481 e. The van der Waals surface area contributed by atoms with Gasteiger partial charge in [0.1, 0.15) is 0 Å². The first-order valence-electron chi connectivity index (χ1n) is 6.83. The summed E-state index contributed by atoms with van der Waals surface area (Å²) in [5.41, 5.74) is -0.449. The molecule has 5 nitrogen and oxygen atoms in total. The van der Waals surface area contributed by atoms with Crippen molar-refractivity contribution in [3.05, 3.63) is 0 Å². The van der Waals surface area contributed by atoms with Gasteiger partial charge in [0, 0.05) is 6.42 Å². The van der Waals surface area contributed by atoms with E-state index in [0.717, 1.165) is 45.2 Å². The van der Waals surface area contributed by atoms with E-state index in [9.17, 15) is 9.59 Å². The Morgan fingerprint density at radius 3 is 2.44 bits per heavy atom. The Kier molecular flexibility index (Phi) is 4.22. The molecule has 0 radical (unpaired) electrons. The zero-order valence-corrected chi connectivity index (χ0v) is 10.7. The fraction of sp³-hybridized carbons (Fsp3) is 0.846. The van der Waals surface area contributed by atoms with Crippen LogP contribution in [0.3, 0.4) is 0 Å². The van der Waals surface area contributed by atoms with Crippen LogP contribution in [0, 0.1) is 5.92 Å². The summed E-state index contributed by atoms with van der Waals surface area (Å²) in [6.45, 7) is 1.97. The molecule has 1 aliphatic carbocycles. The Bertz CT molecular complexity index is 320. The highest BCUT2D eigenvalue weighted by Gasteiger charge is 2.40. The van der Waals surface area contributed by atoms with Gasteiger partial charge in [-0.25, -0.2) is 0 Å². The topological polar surface area (TPSA) is 78.4 Å². The maximum absolute atomic E-state index is 12.0. The van der Waals surface area contributed by atoms with Crippen LogP contribution in [0.15, 0.2) is 0 Å². The van der Waals surface area contributed by atoms with Gasteiger partial charge in [0.05, 0.1) is 12.0 Å². The molecular formula is C13H22N2O3. The molecule has 2 rings (SSSR count). The average molecular weight is 254 g/mol. The lowest BCUT2D eigenvalue weighted by Gasteiger charge is -2.41. The number of hydrogen-bond donors (Lipinski definition) is 3. The molecular weight excluding hydrogens is 232 g/mol. The first kappa shape index (κ1) is 13.3. The van der Waals surface area contributed by atoms with Crippen LogP contribution in [0.5, 0.6) is 0 Å². The molecule has 2 aliphatic rings. The third-order valence-electron chi connectivity index (χ3n) is 4.14. The van der Waals surface area contributed by atoms with Crippen molar-refractivity contribution in [2.75, 3.05) is 13.1 Å². The minimum absolute atomic E-state index is 0.0304. The van der Waals surface area contributed by atoms with E-state index in [2.05, 4.69) is 10.6 Å². The Labute approximate surface area is 107 Å². The summed E-state index contributed by atoms with van der Waals surface area (Å²) in [4.78, 5) is 22.8. The number of aliphatic carboxylic acids is 1. The van der Waals surface area contributed by atoms with Crippen LogP contribution in [0.2, 0.25) is 0 Å². The molecule has 0 unspecified atom stereocenters. The van der Waals surface area contributed by atoms with Gasteiger partial charge >= 0.3 is 5.97 Å². The van der Waals surface area contributed by atoms with E-state index < -0.39 is 11.5 Å². The summed E-state index contributed by atoms with van der Waals surface area (Å²) in [5.74, 6) is -0.340. The second-order valence-electron chi connectivity index (χ2n) is 5.65. The molecule has 2 fully saturated rings. The number of amides is 1. The minimum atomic E-state index is -0.822. The predicted molar refractivity (Wildman–Crippen MR) is 67.2 cm³/mol. The number of carbonyl (C=O) groups is 2. The maximum Gasteiger partial charge on any atom is 0.305 e. The summed E-state index contributed by atoms with van der Waals surface area (Å²) in [7, 11) is 0. The van der Waals surface area contributed by atoms with Gasteiger partial charge in [0.2, 0.25) is 5.91 Å². The largest absolute Gasteiger partial charge is 0.481 e. The molecule has 0 aromatic rings. The molecule has 0 aromatic heterocycles. The standard InChI is InChI=1S/C13H22N2O3/c16-11(8-10-2-6-14-7-3-10)15-13(4-1-5-13)9-12(17)18/h10,14H,1-9H2,(H,15,16)(H,17,18). The van der Waals surface area contributed by atoms with Crippen molar-refractivity contribution >= 4 is 11.9 Å². The molecule has 3 N–H and O–H groups in total. The van der Waals surface area contributed by atoms with Crippen molar-refractivity contribution in [3.8, 4) is 0 Å². The van der Waals surface area contributed by atoms with Crippen LogP contribution < -0.4 is 10.6 Å². The molecule has 1 amide bonds. The van der Waals surface area contributed by atoms with Crippen molar-refractivity contribution in [2.24, 2.45) is 5.92 Å². The Balaban J connectivity index is 1.80. The number of carboxylic acid groups (broad SMARTS) is 1. The normalized spacial score (nSPS) is 23.1. The lowest BCUT2D eigenvalue weighted by molar-refractivity contribution is -0.140. The van der Waals surface area contributed by atoms with Crippen LogP contribution in [0.4, 0.5) is 0 Å². The monoisotopic (exact) mass is 254 g/mol. The Morgan fingerprint density at radius 1 is 1.28 bits per heavy atom. The van der Waals surface area contributed by atoms with Gasteiger partial charge in [0.15, 0.2) is 0 Å². The Morgan fingerprint density at radius 2 is 1.94 bits per heavy atom. The first-order chi connectivity index (χ1) is 8.60. The molecule has 1 aliphatic heterocycles. The molecule has 102 valence electrons. The molecule has 0 bridgehead atoms. The molecule has 1 heterocycles. The third-order valence-corrected chi connectivity index (χ3v) is 4.14. The number of piperidine rings is 1. The van der Waals surface area contributed by atoms with E-state index in [-0.39, 0.29) is 12.3 Å². The molecule has 1 saturated heterocycles. The van der Waals surface area contributed by atoms with Gasteiger partial charge in [-0.1, -0.05) is 0 Å². The van der Waals surface area contributed by atoms with Crippen LogP contribution in [0.1, 0.15) is 44.9 Å². The number of carboxylic acids is 1. The summed E-state index contributed by atoms with van der Waals surface area (Å²) in [6.07, 6.45) is 5.31. The summed E-state index contributed by atoms with van der Waals surface area (Å²) < 4.78 is 0. The van der Waals surface area contributed by atoms with E-state index >= 15 is 0 Å². The van der Waals surface area contributed by atoms with Crippen molar-refractivity contribution < 1.29 is 14.7 Å². The third kappa shape index (κ3) is 3.45. The van der Waals surface area contributed by atoms with E-state index in [4.69, 9.17) is 5.11 Å². The van der Waals surface area contributed by atoms with Crippen LogP contribution in [0.25, 0.3) is 0 Å². The van der Waals surface area contributed by atoms with Crippen LogP contribution in [-0.4, -0.2) is 35.6 Å². The predicted octanol–water partition coefficient (Wildman–Crippen LogP) is 0.890. The first-order valence-corrected chi connectivity index (χ1v) is 6.83. The van der Waals surface area contributed by atoms with E-state index in [1.807, 2.05) is 0 Å². The lowest BCUT2D eigenvalue weighted by Crippen LogP contribution is -2.55. The van der Waals surface area contributed by atoms with E-state index in [1.165, 1.54) is 0 Å². The second-order valence-corrected chi connectivity index (χ2v) is 5.65. The smallest absolute Gasteiger partial charge is 0.305 e. The van der Waals surface area contributed by atoms with Crippen molar-refractivity contribution in [1.82, 2.24) is 10.6 Å². The van der Waals surface area contributed by atoms with Crippen LogP contribution >= 0.6 is 0 Å². The molecule has 18 heavy (non-hydrogen) atoms. The van der Waals surface area contributed by atoms with Gasteiger partial charge in [-0.15, -0.1) is 0 Å². The highest BCUT2D eigenvalue weighted by Crippen LogP contribution is 2.35. The lowest BCUT2D eigenvalue weighted by atomic mass is 9.74. The van der Waals surface area contributed by atoms with Gasteiger partial charge in [-0.3, -0.25) is 9.59 Å². The van der Waals surface area contributed by atoms with E-state index in [0.29, 0.717) is 12.3 Å². The van der Waals surface area contributed by atoms with Gasteiger partial charge in [-0.2, -0.15) is 0 Å². The summed E-state index contributed by atoms with van der Waals surface area (Å²) in [5, 5.41) is 15.1. The van der Waals surface area contributed by atoms with Gasteiger partial charge in [-0.05, 0) is 51.1 Å². The van der Waals surface area contributed by atoms with Gasteiger partial charge < -0.3 is 15.7 Å². The Hall–Kier alpha value is -1.10. The molecule has 1 saturated carbocycles. The number of hydrogen-bond acceptors (Lipinski definition) is 3. The number of nitrogens with one attached hydrogen (secondary N) is 2. The molecule has 0 spiro atoms. The quantitative estimate of drug-likeness (QED) is 0.681. The van der Waals surface area contributed by atoms with Crippen molar-refractivity contribution in [3.63, 3.8) is 0 Å². The zero-order valence-electron chi connectivity index (χ0n) is 10.7. The highest BCUT2D eigenvalue weighted by atomic mass is 16.4. The second kappa shape index (κ2) is 5.69. The zero-order chi connectivity index (χ0) is 13.0. The van der Waals surface area contributed by atoms with E-state index in [1.54, 1.807) is 0 Å². The van der Waals surface area contributed by atoms with Gasteiger partial charge in [0.25, 0.3) is 0 Å².